The molecule has 3 rings (SSSR count). The van der Waals surface area contributed by atoms with E-state index in [9.17, 15) is 18.0 Å². The number of hydrogen-bond donors (Lipinski definition) is 0. The van der Waals surface area contributed by atoms with Crippen LogP contribution < -0.4 is 0 Å². The lowest BCUT2D eigenvalue weighted by Crippen LogP contribution is -2.31. The fraction of sp³-hybridized carbons (Fsp3) is 0.375. The van der Waals surface area contributed by atoms with E-state index in [1.54, 1.807) is 0 Å². The van der Waals surface area contributed by atoms with Crippen molar-refractivity contribution in [2.75, 3.05) is 6.54 Å². The summed E-state index contributed by atoms with van der Waals surface area (Å²) in [5, 5.41) is 4.21. The highest BCUT2D eigenvalue weighted by atomic mass is 79.9. The van der Waals surface area contributed by atoms with Crippen molar-refractivity contribution in [3.63, 3.8) is 0 Å². The van der Waals surface area contributed by atoms with E-state index >= 15 is 0 Å². The van der Waals surface area contributed by atoms with E-state index in [-0.39, 0.29) is 17.2 Å². The van der Waals surface area contributed by atoms with E-state index in [0.717, 1.165) is 17.8 Å². The van der Waals surface area contributed by atoms with Crippen LogP contribution in [0.1, 0.15) is 23.2 Å². The third kappa shape index (κ3) is 4.50. The fourth-order valence-electron chi connectivity index (χ4n) is 2.72. The minimum atomic E-state index is -4.51. The molecule has 0 saturated heterocycles. The predicted molar refractivity (Wildman–Crippen MR) is 91.6 cm³/mol. The largest absolute Gasteiger partial charge is 0.445 e. The van der Waals surface area contributed by atoms with Gasteiger partial charge in [-0.15, -0.1) is 0 Å². The highest BCUT2D eigenvalue weighted by Gasteiger charge is 2.31. The average Bonchev–Trinajstić information content (AvgIpc) is 2.78. The summed E-state index contributed by atoms with van der Waals surface area (Å²) in [7, 11) is 0. The zero-order valence-corrected chi connectivity index (χ0v) is 15.7. The minimum Gasteiger partial charge on any atom is -0.445 e. The molecule has 1 amide bonds. The Labute approximate surface area is 160 Å². The van der Waals surface area contributed by atoms with Crippen molar-refractivity contribution in [2.24, 2.45) is 0 Å². The van der Waals surface area contributed by atoms with Crippen molar-refractivity contribution in [1.29, 1.82) is 0 Å². The number of benzene rings is 1. The van der Waals surface area contributed by atoms with Crippen LogP contribution in [0.4, 0.5) is 18.0 Å². The van der Waals surface area contributed by atoms with Gasteiger partial charge in [0.05, 0.1) is 17.8 Å². The molecule has 1 aliphatic rings. The Balaban J connectivity index is 1.66. The molecule has 10 heteroatoms. The predicted octanol–water partition coefficient (Wildman–Crippen LogP) is 4.86. The van der Waals surface area contributed by atoms with Crippen LogP contribution in [0.15, 0.2) is 28.9 Å². The van der Waals surface area contributed by atoms with Gasteiger partial charge in [-0.25, -0.2) is 4.79 Å². The maximum Gasteiger partial charge on any atom is 0.416 e. The lowest BCUT2D eigenvalue weighted by Gasteiger charge is -2.19. The lowest BCUT2D eigenvalue weighted by atomic mass is 10.1. The smallest absolute Gasteiger partial charge is 0.416 e. The second kappa shape index (κ2) is 7.48. The van der Waals surface area contributed by atoms with Crippen LogP contribution in [-0.4, -0.2) is 27.3 Å². The molecule has 1 aliphatic heterocycles. The highest BCUT2D eigenvalue weighted by molar-refractivity contribution is 9.10. The first-order valence-electron chi connectivity index (χ1n) is 7.73. The zero-order valence-electron chi connectivity index (χ0n) is 13.4. The van der Waals surface area contributed by atoms with Crippen molar-refractivity contribution in [3.05, 3.63) is 50.7 Å². The van der Waals surface area contributed by atoms with Crippen LogP contribution in [0.2, 0.25) is 5.02 Å². The number of amides is 1. The van der Waals surface area contributed by atoms with E-state index in [1.807, 2.05) is 10.7 Å². The quantitative estimate of drug-likeness (QED) is 0.654. The fourth-order valence-corrected chi connectivity index (χ4v) is 3.43. The molecule has 1 aromatic carbocycles. The third-order valence-electron chi connectivity index (χ3n) is 3.89. The summed E-state index contributed by atoms with van der Waals surface area (Å²) in [5.41, 5.74) is 0.161. The third-order valence-corrected chi connectivity index (χ3v) is 4.50. The van der Waals surface area contributed by atoms with Crippen molar-refractivity contribution < 1.29 is 22.7 Å². The van der Waals surface area contributed by atoms with Gasteiger partial charge < -0.3 is 9.64 Å². The number of aryl methyl sites for hydroxylation is 1. The Morgan fingerprint density at radius 2 is 2.04 bits per heavy atom. The number of nitrogens with zero attached hydrogens (tertiary/aromatic N) is 3. The van der Waals surface area contributed by atoms with Crippen molar-refractivity contribution in [1.82, 2.24) is 14.7 Å². The maximum absolute atomic E-state index is 12.8. The molecule has 1 aromatic heterocycles. The first-order valence-corrected chi connectivity index (χ1v) is 8.90. The van der Waals surface area contributed by atoms with Crippen LogP contribution in [0.25, 0.3) is 0 Å². The van der Waals surface area contributed by atoms with Crippen molar-refractivity contribution in [3.8, 4) is 0 Å². The first-order chi connectivity index (χ1) is 12.2. The summed E-state index contributed by atoms with van der Waals surface area (Å²) in [4.78, 5) is 13.8. The van der Waals surface area contributed by atoms with E-state index in [1.165, 1.54) is 11.0 Å². The van der Waals surface area contributed by atoms with Gasteiger partial charge in [-0.3, -0.25) is 4.68 Å². The highest BCUT2D eigenvalue weighted by Crippen LogP contribution is 2.32. The molecule has 0 aliphatic carbocycles. The summed E-state index contributed by atoms with van der Waals surface area (Å²) in [6.45, 7) is 1.18. The van der Waals surface area contributed by atoms with Gasteiger partial charge in [0.15, 0.2) is 0 Å². The Bertz CT molecular complexity index is 826. The number of ether oxygens (including phenoxy) is 1. The molecule has 0 N–H and O–H groups in total. The van der Waals surface area contributed by atoms with E-state index in [0.29, 0.717) is 30.7 Å². The van der Waals surface area contributed by atoms with Crippen LogP contribution in [0.5, 0.6) is 0 Å². The molecular formula is C16H14BrClF3N3O2. The molecule has 5 nitrogen and oxygen atoms in total. The summed E-state index contributed by atoms with van der Waals surface area (Å²) < 4.78 is 46.2. The van der Waals surface area contributed by atoms with Gasteiger partial charge in [0.25, 0.3) is 0 Å². The number of carbonyl (C=O) groups is 1. The molecule has 0 unspecified atom stereocenters. The van der Waals surface area contributed by atoms with E-state index in [4.69, 9.17) is 16.3 Å². The number of hydrogen-bond acceptors (Lipinski definition) is 3. The number of fused-ring (bicyclic) bond motifs is 1. The Morgan fingerprint density at radius 3 is 2.77 bits per heavy atom. The number of rotatable bonds is 2. The van der Waals surface area contributed by atoms with Gasteiger partial charge in [-0.1, -0.05) is 11.6 Å². The van der Waals surface area contributed by atoms with Gasteiger partial charge in [0.1, 0.15) is 11.2 Å². The van der Waals surface area contributed by atoms with Gasteiger partial charge in [0, 0.05) is 18.1 Å². The summed E-state index contributed by atoms with van der Waals surface area (Å²) in [6.07, 6.45) is -4.41. The molecule has 0 spiro atoms. The monoisotopic (exact) mass is 451 g/mol. The lowest BCUT2D eigenvalue weighted by molar-refractivity contribution is -0.137. The standard InChI is InChI=1S/C16H14BrClF3N3O2/c17-14-7-13-8-23(2-1-3-24(13)22-14)15(25)26-9-10-4-11(16(19,20)21)6-12(18)5-10/h4-7H,1-3,8-9H2. The molecule has 0 radical (unpaired) electrons. The van der Waals surface area contributed by atoms with Gasteiger partial charge >= 0.3 is 12.3 Å². The molecule has 2 aromatic rings. The normalized spacial score (nSPS) is 14.7. The molecule has 0 fully saturated rings. The van der Waals surface area contributed by atoms with Crippen molar-refractivity contribution >= 4 is 33.6 Å². The summed E-state index contributed by atoms with van der Waals surface area (Å²) in [5.74, 6) is 0. The zero-order chi connectivity index (χ0) is 18.9. The Hall–Kier alpha value is -1.74. The molecule has 0 atom stereocenters. The van der Waals surface area contributed by atoms with Crippen LogP contribution >= 0.6 is 27.5 Å². The molecule has 2 heterocycles. The Morgan fingerprint density at radius 1 is 1.27 bits per heavy atom. The number of halogens is 5. The van der Waals surface area contributed by atoms with E-state index < -0.39 is 17.8 Å². The Kier molecular flexibility index (Phi) is 5.47. The minimum absolute atomic E-state index is 0.0607. The van der Waals surface area contributed by atoms with Gasteiger partial charge in [-0.2, -0.15) is 18.3 Å². The number of alkyl halides is 3. The van der Waals surface area contributed by atoms with E-state index in [2.05, 4.69) is 21.0 Å². The van der Waals surface area contributed by atoms with Crippen LogP contribution in [0, 0.1) is 0 Å². The summed E-state index contributed by atoms with van der Waals surface area (Å²) >= 11 is 9.03. The molecule has 0 bridgehead atoms. The number of carbonyl (C=O) groups excluding carboxylic acids is 1. The van der Waals surface area contributed by atoms with Gasteiger partial charge in [0.2, 0.25) is 0 Å². The topological polar surface area (TPSA) is 47.4 Å². The van der Waals surface area contributed by atoms with Crippen LogP contribution in [-0.2, 0) is 30.6 Å². The average molecular weight is 453 g/mol. The van der Waals surface area contributed by atoms with Crippen LogP contribution in [0.3, 0.4) is 0 Å². The first kappa shape index (κ1) is 19.0. The number of aromatic nitrogens is 2. The molecule has 0 saturated carbocycles. The molecular weight excluding hydrogens is 439 g/mol. The second-order valence-electron chi connectivity index (χ2n) is 5.86. The summed E-state index contributed by atoms with van der Waals surface area (Å²) in [6, 6.07) is 4.92. The molecule has 140 valence electrons. The second-order valence-corrected chi connectivity index (χ2v) is 7.11. The maximum atomic E-state index is 12.8. The van der Waals surface area contributed by atoms with Gasteiger partial charge in [-0.05, 0) is 52.2 Å². The molecule has 26 heavy (non-hydrogen) atoms. The SMILES string of the molecule is O=C(OCc1cc(Cl)cc(C(F)(F)F)c1)N1CCCn2nc(Br)cc2C1. The van der Waals surface area contributed by atoms with Crippen molar-refractivity contribution in [2.45, 2.75) is 32.3 Å².